The van der Waals surface area contributed by atoms with Gasteiger partial charge in [-0.15, -0.1) is 0 Å². The summed E-state index contributed by atoms with van der Waals surface area (Å²) in [7, 11) is 1.47. The first-order chi connectivity index (χ1) is 11.9. The van der Waals surface area contributed by atoms with E-state index in [9.17, 15) is 9.90 Å². The second kappa shape index (κ2) is 6.48. The van der Waals surface area contributed by atoms with Crippen molar-refractivity contribution in [1.82, 2.24) is 0 Å². The summed E-state index contributed by atoms with van der Waals surface area (Å²) >= 11 is 0. The highest BCUT2D eigenvalue weighted by Crippen LogP contribution is 2.43. The molecule has 2 aromatic carbocycles. The number of hydrogen-bond donors (Lipinski definition) is 1. The van der Waals surface area contributed by atoms with Gasteiger partial charge in [-0.25, -0.2) is 0 Å². The van der Waals surface area contributed by atoms with E-state index in [1.54, 1.807) is 6.08 Å². The normalized spacial score (nSPS) is 14.8. The lowest BCUT2D eigenvalue weighted by atomic mass is 9.97. The third-order valence-corrected chi connectivity index (χ3v) is 3.96. The molecule has 0 fully saturated rings. The number of phenolic OH excluding ortho intramolecular Hbond substituents is 1. The topological polar surface area (TPSA) is 55.8 Å². The summed E-state index contributed by atoms with van der Waals surface area (Å²) in [6, 6.07) is 11.0. The van der Waals surface area contributed by atoms with Gasteiger partial charge in [0, 0.05) is 6.07 Å². The van der Waals surface area contributed by atoms with Crippen molar-refractivity contribution in [2.24, 2.45) is 0 Å². The molecular weight excluding hydrogens is 316 g/mol. The quantitative estimate of drug-likeness (QED) is 0.660. The second-order valence-corrected chi connectivity index (χ2v) is 6.36. The number of rotatable bonds is 4. The van der Waals surface area contributed by atoms with Gasteiger partial charge in [-0.3, -0.25) is 4.79 Å². The molecule has 0 unspecified atom stereocenters. The predicted octanol–water partition coefficient (Wildman–Crippen LogP) is 4.48. The van der Waals surface area contributed by atoms with Crippen molar-refractivity contribution < 1.29 is 19.4 Å². The first kappa shape index (κ1) is 16.8. The molecule has 128 valence electrons. The molecule has 0 bridgehead atoms. The molecule has 1 heterocycles. The average molecular weight is 336 g/mol. The molecule has 0 atom stereocenters. The van der Waals surface area contributed by atoms with E-state index in [0.717, 1.165) is 5.56 Å². The van der Waals surface area contributed by atoms with Crippen molar-refractivity contribution in [3.05, 3.63) is 65.2 Å². The first-order valence-electron chi connectivity index (χ1n) is 8.01. The second-order valence-electron chi connectivity index (χ2n) is 6.36. The van der Waals surface area contributed by atoms with Gasteiger partial charge in [0.25, 0.3) is 0 Å². The van der Waals surface area contributed by atoms with E-state index in [1.165, 1.54) is 19.3 Å². The van der Waals surface area contributed by atoms with E-state index in [1.807, 2.05) is 56.3 Å². The van der Waals surface area contributed by atoms with Crippen LogP contribution in [0.25, 0.3) is 12.2 Å². The minimum Gasteiger partial charge on any atom is -0.507 e. The Hall–Kier alpha value is -3.01. The molecule has 4 nitrogen and oxygen atoms in total. The fourth-order valence-electron chi connectivity index (χ4n) is 2.75. The van der Waals surface area contributed by atoms with E-state index in [2.05, 4.69) is 0 Å². The summed E-state index contributed by atoms with van der Waals surface area (Å²) in [5.74, 6) is 0.304. The smallest absolute Gasteiger partial charge is 0.193 e. The molecule has 0 amide bonds. The maximum Gasteiger partial charge on any atom is 0.193 e. The standard InChI is InChI=1S/C21H20O4/c1-21(2)12-11-15-18(25-21)13-17(23)19(20(15)24-3)16(22)10-9-14-7-5-4-6-8-14/h4-13,23H,1-3H3. The largest absolute Gasteiger partial charge is 0.507 e. The Morgan fingerprint density at radius 2 is 1.96 bits per heavy atom. The van der Waals surface area contributed by atoms with Crippen LogP contribution >= 0.6 is 0 Å². The lowest BCUT2D eigenvalue weighted by Gasteiger charge is -2.29. The van der Waals surface area contributed by atoms with Crippen molar-refractivity contribution >= 4 is 17.9 Å². The third kappa shape index (κ3) is 3.43. The SMILES string of the molecule is COc1c2c(cc(O)c1C(=O)C=Cc1ccccc1)OC(C)(C)C=C2. The Bertz CT molecular complexity index is 861. The maximum atomic E-state index is 12.6. The molecular formula is C21H20O4. The van der Waals surface area contributed by atoms with E-state index in [4.69, 9.17) is 9.47 Å². The van der Waals surface area contributed by atoms with Gasteiger partial charge < -0.3 is 14.6 Å². The molecule has 1 N–H and O–H groups in total. The summed E-state index contributed by atoms with van der Waals surface area (Å²) in [5, 5.41) is 10.4. The maximum absolute atomic E-state index is 12.6. The molecule has 0 radical (unpaired) electrons. The van der Waals surface area contributed by atoms with Gasteiger partial charge in [0.2, 0.25) is 0 Å². The van der Waals surface area contributed by atoms with Crippen LogP contribution in [0, 0.1) is 0 Å². The number of ether oxygens (including phenoxy) is 2. The van der Waals surface area contributed by atoms with E-state index >= 15 is 0 Å². The van der Waals surface area contributed by atoms with E-state index < -0.39 is 5.60 Å². The Morgan fingerprint density at radius 3 is 2.64 bits per heavy atom. The highest BCUT2D eigenvalue weighted by atomic mass is 16.5. The van der Waals surface area contributed by atoms with Crippen LogP contribution in [-0.2, 0) is 0 Å². The predicted molar refractivity (Wildman–Crippen MR) is 98.2 cm³/mol. The molecule has 0 saturated carbocycles. The number of benzene rings is 2. The van der Waals surface area contributed by atoms with Crippen molar-refractivity contribution in [2.75, 3.05) is 7.11 Å². The fraction of sp³-hybridized carbons (Fsp3) is 0.190. The van der Waals surface area contributed by atoms with E-state index in [0.29, 0.717) is 17.1 Å². The number of carbonyl (C=O) groups excluding carboxylic acids is 1. The zero-order chi connectivity index (χ0) is 18.0. The molecule has 3 rings (SSSR count). The zero-order valence-electron chi connectivity index (χ0n) is 14.4. The minimum absolute atomic E-state index is 0.126. The monoisotopic (exact) mass is 336 g/mol. The van der Waals surface area contributed by atoms with Crippen LogP contribution in [0.1, 0.15) is 35.3 Å². The summed E-state index contributed by atoms with van der Waals surface area (Å²) in [4.78, 5) is 12.6. The summed E-state index contributed by atoms with van der Waals surface area (Å²) in [6.07, 6.45) is 6.88. The summed E-state index contributed by atoms with van der Waals surface area (Å²) in [5.41, 5.74) is 1.19. The number of phenols is 1. The number of carbonyl (C=O) groups is 1. The first-order valence-corrected chi connectivity index (χ1v) is 8.01. The van der Waals surface area contributed by atoms with Gasteiger partial charge in [0.05, 0.1) is 12.7 Å². The molecule has 0 saturated heterocycles. The lowest BCUT2D eigenvalue weighted by molar-refractivity contribution is 0.104. The highest BCUT2D eigenvalue weighted by Gasteiger charge is 2.28. The zero-order valence-corrected chi connectivity index (χ0v) is 14.4. The molecule has 0 aromatic heterocycles. The highest BCUT2D eigenvalue weighted by molar-refractivity contribution is 6.11. The minimum atomic E-state index is -0.483. The van der Waals surface area contributed by atoms with Crippen LogP contribution in [-0.4, -0.2) is 23.6 Å². The number of ketones is 1. The number of hydrogen-bond acceptors (Lipinski definition) is 4. The number of fused-ring (bicyclic) bond motifs is 1. The number of allylic oxidation sites excluding steroid dienone is 1. The molecule has 1 aliphatic rings. The van der Waals surface area contributed by atoms with Gasteiger partial charge in [-0.05, 0) is 37.6 Å². The van der Waals surface area contributed by atoms with Crippen LogP contribution in [0.2, 0.25) is 0 Å². The third-order valence-electron chi connectivity index (χ3n) is 3.96. The van der Waals surface area contributed by atoms with Crippen LogP contribution in [0.3, 0.4) is 0 Å². The van der Waals surface area contributed by atoms with Crippen LogP contribution in [0.4, 0.5) is 0 Å². The molecule has 0 spiro atoms. The Labute approximate surface area is 147 Å². The summed E-state index contributed by atoms with van der Waals surface area (Å²) < 4.78 is 11.3. The van der Waals surface area contributed by atoms with Crippen molar-refractivity contribution in [2.45, 2.75) is 19.4 Å². The number of methoxy groups -OCH3 is 1. The molecule has 25 heavy (non-hydrogen) atoms. The van der Waals surface area contributed by atoms with Gasteiger partial charge in [0.1, 0.15) is 28.4 Å². The Kier molecular flexibility index (Phi) is 4.36. The van der Waals surface area contributed by atoms with Crippen molar-refractivity contribution in [1.29, 1.82) is 0 Å². The van der Waals surface area contributed by atoms with Crippen molar-refractivity contribution in [3.63, 3.8) is 0 Å². The molecule has 4 heteroatoms. The molecule has 2 aromatic rings. The Morgan fingerprint density at radius 1 is 1.24 bits per heavy atom. The van der Waals surface area contributed by atoms with Crippen molar-refractivity contribution in [3.8, 4) is 17.2 Å². The average Bonchev–Trinajstić information content (AvgIpc) is 2.58. The van der Waals surface area contributed by atoms with Crippen LogP contribution in [0.15, 0.2) is 48.6 Å². The summed E-state index contributed by atoms with van der Waals surface area (Å²) in [6.45, 7) is 3.83. The van der Waals surface area contributed by atoms with Gasteiger partial charge in [-0.2, -0.15) is 0 Å². The molecule has 0 aliphatic carbocycles. The van der Waals surface area contributed by atoms with Gasteiger partial charge >= 0.3 is 0 Å². The number of aromatic hydroxyl groups is 1. The lowest BCUT2D eigenvalue weighted by Crippen LogP contribution is -2.27. The van der Waals surface area contributed by atoms with Crippen LogP contribution < -0.4 is 9.47 Å². The molecule has 1 aliphatic heterocycles. The van der Waals surface area contributed by atoms with Gasteiger partial charge in [-0.1, -0.05) is 36.4 Å². The van der Waals surface area contributed by atoms with Crippen LogP contribution in [0.5, 0.6) is 17.2 Å². The van der Waals surface area contributed by atoms with E-state index in [-0.39, 0.29) is 17.1 Å². The fourth-order valence-corrected chi connectivity index (χ4v) is 2.75. The Balaban J connectivity index is 2.02. The van der Waals surface area contributed by atoms with Gasteiger partial charge in [0.15, 0.2) is 5.78 Å².